The van der Waals surface area contributed by atoms with Gasteiger partial charge in [-0.15, -0.1) is 0 Å². The number of nitrogens with zero attached hydrogens (tertiary/aromatic N) is 3. The average Bonchev–Trinajstić information content (AvgIpc) is 3.27. The third-order valence-electron chi connectivity index (χ3n) is 4.87. The minimum Gasteiger partial charge on any atom is -0.352 e. The number of nitrogens with one attached hydrogen (secondary N) is 1. The summed E-state index contributed by atoms with van der Waals surface area (Å²) >= 11 is 5.43. The van der Waals surface area contributed by atoms with Gasteiger partial charge in [0.05, 0.1) is 23.3 Å². The molecule has 0 bridgehead atoms. The van der Waals surface area contributed by atoms with Gasteiger partial charge in [0.2, 0.25) is 0 Å². The number of benzene rings is 1. The fourth-order valence-electron chi connectivity index (χ4n) is 3.53. The molecule has 3 heterocycles. The first kappa shape index (κ1) is 18.5. The molecule has 0 aliphatic carbocycles. The molecule has 4 rings (SSSR count). The molecule has 0 saturated carbocycles. The van der Waals surface area contributed by atoms with Gasteiger partial charge in [-0.25, -0.2) is 0 Å². The zero-order valence-electron chi connectivity index (χ0n) is 14.9. The summed E-state index contributed by atoms with van der Waals surface area (Å²) < 4.78 is 41.2. The number of aromatic nitrogens is 2. The highest BCUT2D eigenvalue weighted by Gasteiger charge is 2.39. The Morgan fingerprint density at radius 1 is 1.07 bits per heavy atom. The first-order valence-electron chi connectivity index (χ1n) is 8.65. The Balaban J connectivity index is 1.79. The van der Waals surface area contributed by atoms with Crippen LogP contribution in [-0.2, 0) is 6.18 Å². The highest BCUT2D eigenvalue weighted by molar-refractivity contribution is 7.80. The topological polar surface area (TPSA) is 33.1 Å². The predicted octanol–water partition coefficient (Wildman–Crippen LogP) is 4.49. The standard InChI is InChI=1S/C20H17F3N4S/c1-26-18(17(25-19(26)28)15-8-2-3-10-24-15)16-9-5-11-27(16)14-7-4-6-13(12-14)20(21,22)23/h2-12,17-18H,1H3,(H,25,28)/t17-,18+/m1/s1. The van der Waals surface area contributed by atoms with E-state index in [0.717, 1.165) is 23.5 Å². The van der Waals surface area contributed by atoms with E-state index in [1.807, 2.05) is 42.3 Å². The highest BCUT2D eigenvalue weighted by atomic mass is 32.1. The first-order valence-corrected chi connectivity index (χ1v) is 9.06. The summed E-state index contributed by atoms with van der Waals surface area (Å²) in [4.78, 5) is 6.34. The van der Waals surface area contributed by atoms with Crippen LogP contribution in [0.25, 0.3) is 5.69 Å². The van der Waals surface area contributed by atoms with Crippen molar-refractivity contribution in [2.24, 2.45) is 0 Å². The number of pyridine rings is 1. The van der Waals surface area contributed by atoms with E-state index in [-0.39, 0.29) is 12.1 Å². The molecular weight excluding hydrogens is 385 g/mol. The first-order chi connectivity index (χ1) is 13.4. The summed E-state index contributed by atoms with van der Waals surface area (Å²) in [5.74, 6) is 0. The molecule has 1 saturated heterocycles. The van der Waals surface area contributed by atoms with Crippen LogP contribution in [0, 0.1) is 0 Å². The zero-order valence-corrected chi connectivity index (χ0v) is 15.7. The molecule has 144 valence electrons. The Kier molecular flexibility index (Phi) is 4.58. The number of thiocarbonyl (C=S) groups is 1. The lowest BCUT2D eigenvalue weighted by molar-refractivity contribution is -0.137. The lowest BCUT2D eigenvalue weighted by Gasteiger charge is -2.26. The van der Waals surface area contributed by atoms with Crippen molar-refractivity contribution >= 4 is 17.3 Å². The molecule has 0 amide bonds. The van der Waals surface area contributed by atoms with Crippen LogP contribution in [0.4, 0.5) is 13.2 Å². The molecule has 2 atom stereocenters. The minimum absolute atomic E-state index is 0.210. The second kappa shape index (κ2) is 6.94. The van der Waals surface area contributed by atoms with Crippen molar-refractivity contribution < 1.29 is 13.2 Å². The number of halogens is 3. The molecule has 2 aromatic heterocycles. The lowest BCUT2D eigenvalue weighted by Crippen LogP contribution is -2.26. The summed E-state index contributed by atoms with van der Waals surface area (Å²) in [5.41, 5.74) is 1.40. The van der Waals surface area contributed by atoms with Crippen molar-refractivity contribution in [1.29, 1.82) is 0 Å². The molecule has 1 N–H and O–H groups in total. The maximum Gasteiger partial charge on any atom is 0.416 e. The molecule has 0 radical (unpaired) electrons. The van der Waals surface area contributed by atoms with E-state index in [2.05, 4.69) is 10.3 Å². The molecule has 0 spiro atoms. The van der Waals surface area contributed by atoms with Gasteiger partial charge in [-0.1, -0.05) is 12.1 Å². The van der Waals surface area contributed by atoms with Gasteiger partial charge < -0.3 is 14.8 Å². The maximum atomic E-state index is 13.2. The third-order valence-corrected chi connectivity index (χ3v) is 5.28. The van der Waals surface area contributed by atoms with Gasteiger partial charge in [-0.2, -0.15) is 13.2 Å². The number of hydrogen-bond acceptors (Lipinski definition) is 2. The SMILES string of the molecule is CN1C(=S)N[C@H](c2ccccn2)[C@@H]1c1cccn1-c1cccc(C(F)(F)F)c1. The Morgan fingerprint density at radius 3 is 2.61 bits per heavy atom. The second-order valence-corrected chi connectivity index (χ2v) is 6.98. The number of alkyl halides is 3. The molecular formula is C20H17F3N4S. The molecule has 3 aromatic rings. The van der Waals surface area contributed by atoms with Crippen LogP contribution in [0.1, 0.15) is 29.0 Å². The van der Waals surface area contributed by atoms with E-state index in [4.69, 9.17) is 12.2 Å². The van der Waals surface area contributed by atoms with Crippen molar-refractivity contribution in [3.63, 3.8) is 0 Å². The van der Waals surface area contributed by atoms with Gasteiger partial charge in [-0.05, 0) is 54.7 Å². The maximum absolute atomic E-state index is 13.2. The van der Waals surface area contributed by atoms with Crippen LogP contribution in [0.5, 0.6) is 0 Å². The molecule has 0 unspecified atom stereocenters. The van der Waals surface area contributed by atoms with Crippen LogP contribution in [0.2, 0.25) is 0 Å². The van der Waals surface area contributed by atoms with Crippen molar-refractivity contribution in [1.82, 2.24) is 19.8 Å². The summed E-state index contributed by atoms with van der Waals surface area (Å²) in [6.45, 7) is 0. The molecule has 1 aliphatic heterocycles. The molecule has 1 aromatic carbocycles. The Morgan fingerprint density at radius 2 is 1.89 bits per heavy atom. The summed E-state index contributed by atoms with van der Waals surface area (Å²) in [6.07, 6.45) is -0.927. The van der Waals surface area contributed by atoms with Crippen LogP contribution in [-0.4, -0.2) is 26.6 Å². The van der Waals surface area contributed by atoms with Crippen molar-refractivity contribution in [2.75, 3.05) is 7.05 Å². The minimum atomic E-state index is -4.40. The summed E-state index contributed by atoms with van der Waals surface area (Å²) in [5, 5.41) is 3.84. The van der Waals surface area contributed by atoms with Gasteiger partial charge in [0.25, 0.3) is 0 Å². The molecule has 4 nitrogen and oxygen atoms in total. The molecule has 8 heteroatoms. The summed E-state index contributed by atoms with van der Waals surface area (Å²) in [6, 6.07) is 14.2. The normalized spacial score (nSPS) is 19.7. The van der Waals surface area contributed by atoms with Crippen molar-refractivity contribution in [2.45, 2.75) is 18.3 Å². The fourth-order valence-corrected chi connectivity index (χ4v) is 3.77. The molecule has 1 fully saturated rings. The van der Waals surface area contributed by atoms with Crippen LogP contribution < -0.4 is 5.32 Å². The monoisotopic (exact) mass is 402 g/mol. The van der Waals surface area contributed by atoms with E-state index in [9.17, 15) is 13.2 Å². The van der Waals surface area contributed by atoms with Gasteiger partial charge in [0.15, 0.2) is 5.11 Å². The number of likely N-dealkylation sites (N-methyl/N-ethyl adjacent to an activating group) is 1. The van der Waals surface area contributed by atoms with Crippen LogP contribution >= 0.6 is 12.2 Å². The van der Waals surface area contributed by atoms with Gasteiger partial charge in [0.1, 0.15) is 0 Å². The smallest absolute Gasteiger partial charge is 0.352 e. The van der Waals surface area contributed by atoms with Crippen molar-refractivity contribution in [3.8, 4) is 5.69 Å². The zero-order chi connectivity index (χ0) is 19.9. The quantitative estimate of drug-likeness (QED) is 0.655. The van der Waals surface area contributed by atoms with Crippen LogP contribution in [0.15, 0.2) is 67.0 Å². The lowest BCUT2D eigenvalue weighted by atomic mass is 10.0. The van der Waals surface area contributed by atoms with Gasteiger partial charge >= 0.3 is 6.18 Å². The van der Waals surface area contributed by atoms with E-state index in [1.165, 1.54) is 6.07 Å². The van der Waals surface area contributed by atoms with E-state index >= 15 is 0 Å². The van der Waals surface area contributed by atoms with Gasteiger partial charge in [0, 0.05) is 30.8 Å². The summed E-state index contributed by atoms with van der Waals surface area (Å²) in [7, 11) is 1.87. The Bertz CT molecular complexity index is 1000. The van der Waals surface area contributed by atoms with E-state index in [0.29, 0.717) is 10.8 Å². The van der Waals surface area contributed by atoms with E-state index < -0.39 is 11.7 Å². The van der Waals surface area contributed by atoms with E-state index in [1.54, 1.807) is 23.0 Å². The predicted molar refractivity (Wildman–Crippen MR) is 104 cm³/mol. The third kappa shape index (κ3) is 3.24. The second-order valence-electron chi connectivity index (χ2n) is 6.59. The number of hydrogen-bond donors (Lipinski definition) is 1. The highest BCUT2D eigenvalue weighted by Crippen LogP contribution is 2.39. The fraction of sp³-hybridized carbons (Fsp3) is 0.200. The number of rotatable bonds is 3. The molecule has 28 heavy (non-hydrogen) atoms. The molecule has 1 aliphatic rings. The largest absolute Gasteiger partial charge is 0.416 e. The Hall–Kier alpha value is -2.87. The van der Waals surface area contributed by atoms with Crippen molar-refractivity contribution in [3.05, 3.63) is 83.9 Å². The van der Waals surface area contributed by atoms with Gasteiger partial charge in [-0.3, -0.25) is 4.98 Å². The Labute approximate surface area is 165 Å². The van der Waals surface area contributed by atoms with Crippen LogP contribution in [0.3, 0.4) is 0 Å². The average molecular weight is 402 g/mol.